The van der Waals surface area contributed by atoms with Crippen LogP contribution in [0.4, 0.5) is 0 Å². The Labute approximate surface area is 120 Å². The summed E-state index contributed by atoms with van der Waals surface area (Å²) in [5, 5.41) is 3.14. The van der Waals surface area contributed by atoms with E-state index < -0.39 is 0 Å². The first-order chi connectivity index (χ1) is 9.72. The highest BCUT2D eigenvalue weighted by molar-refractivity contribution is 5.84. The van der Waals surface area contributed by atoms with Crippen molar-refractivity contribution in [3.8, 4) is 0 Å². The van der Waals surface area contributed by atoms with Crippen LogP contribution in [0.25, 0.3) is 0 Å². The van der Waals surface area contributed by atoms with E-state index in [9.17, 15) is 9.59 Å². The molecule has 1 unspecified atom stereocenters. The maximum absolute atomic E-state index is 12.0. The molecule has 112 valence electrons. The Morgan fingerprint density at radius 3 is 2.30 bits per heavy atom. The Hall–Kier alpha value is -1.10. The number of carbonyl (C=O) groups is 2. The molecule has 0 radical (unpaired) electrons. The van der Waals surface area contributed by atoms with Gasteiger partial charge >= 0.3 is 0 Å². The lowest BCUT2D eigenvalue weighted by Crippen LogP contribution is -2.57. The number of nitrogens with one attached hydrogen (secondary N) is 1. The Bertz CT molecular complexity index is 371. The third kappa shape index (κ3) is 3.14. The highest BCUT2D eigenvalue weighted by atomic mass is 16.2. The Balaban J connectivity index is 1.40. The summed E-state index contributed by atoms with van der Waals surface area (Å²) >= 11 is 0. The van der Waals surface area contributed by atoms with Gasteiger partial charge in [-0.3, -0.25) is 9.59 Å². The largest absolute Gasteiger partial charge is 0.352 e. The smallest absolute Gasteiger partial charge is 0.223 e. The second-order valence-electron chi connectivity index (χ2n) is 6.40. The number of fused-ring (bicyclic) bond motifs is 3. The van der Waals surface area contributed by atoms with Crippen molar-refractivity contribution in [1.29, 1.82) is 0 Å². The third-order valence-electron chi connectivity index (χ3n) is 5.03. The fraction of sp³-hybridized carbons (Fsp3) is 0.867. The van der Waals surface area contributed by atoms with Crippen molar-refractivity contribution in [2.45, 2.75) is 44.6 Å². The highest BCUT2D eigenvalue weighted by Crippen LogP contribution is 2.27. The van der Waals surface area contributed by atoms with Crippen molar-refractivity contribution >= 4 is 11.8 Å². The zero-order valence-electron chi connectivity index (χ0n) is 12.1. The highest BCUT2D eigenvalue weighted by Gasteiger charge is 2.34. The molecule has 4 heterocycles. The molecule has 5 nitrogen and oxygen atoms in total. The second-order valence-corrected chi connectivity index (χ2v) is 6.40. The predicted octanol–water partition coefficient (Wildman–Crippen LogP) is 0.599. The number of hydrogen-bond donors (Lipinski definition) is 1. The maximum Gasteiger partial charge on any atom is 0.223 e. The maximum atomic E-state index is 12.0. The van der Waals surface area contributed by atoms with Crippen LogP contribution in [0.1, 0.15) is 38.5 Å². The van der Waals surface area contributed by atoms with Crippen LogP contribution >= 0.6 is 0 Å². The molecular formula is C15H25N3O2. The van der Waals surface area contributed by atoms with Crippen molar-refractivity contribution in [3.05, 3.63) is 0 Å². The van der Waals surface area contributed by atoms with Crippen LogP contribution in [0.2, 0.25) is 0 Å². The average molecular weight is 279 g/mol. The van der Waals surface area contributed by atoms with Gasteiger partial charge in [0.15, 0.2) is 0 Å². The number of likely N-dealkylation sites (tertiary alicyclic amines) is 1. The van der Waals surface area contributed by atoms with E-state index in [1.807, 2.05) is 4.90 Å². The minimum absolute atomic E-state index is 0.0521. The van der Waals surface area contributed by atoms with Crippen molar-refractivity contribution in [2.75, 3.05) is 32.7 Å². The zero-order valence-corrected chi connectivity index (χ0v) is 12.1. The lowest BCUT2D eigenvalue weighted by atomic mass is 9.84. The van der Waals surface area contributed by atoms with Gasteiger partial charge in [0.2, 0.25) is 11.8 Å². The molecule has 0 aromatic rings. The number of rotatable bonds is 4. The van der Waals surface area contributed by atoms with Crippen LogP contribution < -0.4 is 5.32 Å². The van der Waals surface area contributed by atoms with Crippen LogP contribution in [0.5, 0.6) is 0 Å². The number of hydrogen-bond acceptors (Lipinski definition) is 3. The molecule has 4 saturated heterocycles. The van der Waals surface area contributed by atoms with E-state index in [-0.39, 0.29) is 11.8 Å². The number of piperidine rings is 3. The van der Waals surface area contributed by atoms with Crippen LogP contribution in [-0.4, -0.2) is 60.4 Å². The monoisotopic (exact) mass is 279 g/mol. The summed E-state index contributed by atoms with van der Waals surface area (Å²) in [7, 11) is 0. The van der Waals surface area contributed by atoms with Crippen LogP contribution in [0.15, 0.2) is 0 Å². The molecule has 2 bridgehead atoms. The molecule has 0 spiro atoms. The Morgan fingerprint density at radius 2 is 1.70 bits per heavy atom. The molecule has 4 rings (SSSR count). The third-order valence-corrected chi connectivity index (χ3v) is 5.03. The fourth-order valence-corrected chi connectivity index (χ4v) is 3.75. The normalized spacial score (nSPS) is 32.4. The minimum atomic E-state index is 0.0521. The first-order valence-electron chi connectivity index (χ1n) is 8.02. The number of carbonyl (C=O) groups excluding carboxylic acids is 2. The van der Waals surface area contributed by atoms with Gasteiger partial charge in [-0.15, -0.1) is 0 Å². The summed E-state index contributed by atoms with van der Waals surface area (Å²) < 4.78 is 0. The Morgan fingerprint density at radius 1 is 1.00 bits per heavy atom. The molecule has 0 aromatic carbocycles. The van der Waals surface area contributed by atoms with Gasteiger partial charge in [0.1, 0.15) is 0 Å². The van der Waals surface area contributed by atoms with E-state index in [1.165, 1.54) is 25.9 Å². The second kappa shape index (κ2) is 6.12. The standard InChI is InChI=1S/C15H25N3O2/c19-14(3-4-15(20)18-7-1-2-8-18)16-13-11-17-9-5-12(13)6-10-17/h12-13H,1-11H2,(H,16,19). The summed E-state index contributed by atoms with van der Waals surface area (Å²) in [5.74, 6) is 0.848. The van der Waals surface area contributed by atoms with Gasteiger partial charge in [0.05, 0.1) is 0 Å². The number of nitrogens with zero attached hydrogens (tertiary/aromatic N) is 2. The molecule has 1 atom stereocenters. The van der Waals surface area contributed by atoms with Gasteiger partial charge in [-0.05, 0) is 44.7 Å². The van der Waals surface area contributed by atoms with Gasteiger partial charge in [0, 0.05) is 38.5 Å². The van der Waals surface area contributed by atoms with Gasteiger partial charge in [-0.1, -0.05) is 0 Å². The molecule has 5 heteroatoms. The summed E-state index contributed by atoms with van der Waals surface area (Å²) in [5.41, 5.74) is 0. The van der Waals surface area contributed by atoms with Gasteiger partial charge in [-0.25, -0.2) is 0 Å². The van der Waals surface area contributed by atoms with Gasteiger partial charge in [0.25, 0.3) is 0 Å². The molecule has 20 heavy (non-hydrogen) atoms. The molecule has 0 aliphatic carbocycles. The first-order valence-corrected chi connectivity index (χ1v) is 8.02. The fourth-order valence-electron chi connectivity index (χ4n) is 3.75. The van der Waals surface area contributed by atoms with Crippen LogP contribution in [-0.2, 0) is 9.59 Å². The SMILES string of the molecule is O=C(CCC(=O)N1CCCC1)NC1CN2CCC1CC2. The van der Waals surface area contributed by atoms with E-state index in [0.717, 1.165) is 32.5 Å². The van der Waals surface area contributed by atoms with Crippen molar-refractivity contribution in [2.24, 2.45) is 5.92 Å². The summed E-state index contributed by atoms with van der Waals surface area (Å²) in [6.07, 6.45) is 5.34. The van der Waals surface area contributed by atoms with Crippen LogP contribution in [0, 0.1) is 5.92 Å². The van der Waals surface area contributed by atoms with E-state index in [2.05, 4.69) is 10.2 Å². The molecule has 2 amide bonds. The summed E-state index contributed by atoms with van der Waals surface area (Å²) in [6, 6.07) is 0.312. The molecule has 4 aliphatic heterocycles. The molecule has 1 N–H and O–H groups in total. The number of amides is 2. The zero-order chi connectivity index (χ0) is 13.9. The lowest BCUT2D eigenvalue weighted by molar-refractivity contribution is -0.133. The topological polar surface area (TPSA) is 52.7 Å². The quantitative estimate of drug-likeness (QED) is 0.820. The van der Waals surface area contributed by atoms with E-state index in [4.69, 9.17) is 0 Å². The van der Waals surface area contributed by atoms with Gasteiger partial charge < -0.3 is 15.1 Å². The average Bonchev–Trinajstić information content (AvgIpc) is 3.00. The van der Waals surface area contributed by atoms with Crippen molar-refractivity contribution in [3.63, 3.8) is 0 Å². The van der Waals surface area contributed by atoms with E-state index in [0.29, 0.717) is 24.8 Å². The van der Waals surface area contributed by atoms with E-state index >= 15 is 0 Å². The van der Waals surface area contributed by atoms with Crippen LogP contribution in [0.3, 0.4) is 0 Å². The van der Waals surface area contributed by atoms with Gasteiger partial charge in [-0.2, -0.15) is 0 Å². The molecule has 0 saturated carbocycles. The van der Waals surface area contributed by atoms with Crippen molar-refractivity contribution in [1.82, 2.24) is 15.1 Å². The molecule has 4 fully saturated rings. The minimum Gasteiger partial charge on any atom is -0.352 e. The molecular weight excluding hydrogens is 254 g/mol. The first kappa shape index (κ1) is 13.9. The predicted molar refractivity (Wildman–Crippen MR) is 76.1 cm³/mol. The van der Waals surface area contributed by atoms with Crippen molar-refractivity contribution < 1.29 is 9.59 Å². The lowest BCUT2D eigenvalue weighted by Gasteiger charge is -2.44. The molecule has 4 aliphatic rings. The summed E-state index contributed by atoms with van der Waals surface area (Å²) in [4.78, 5) is 28.2. The molecule has 0 aromatic heterocycles. The van der Waals surface area contributed by atoms with E-state index in [1.54, 1.807) is 0 Å². The summed E-state index contributed by atoms with van der Waals surface area (Å²) in [6.45, 7) is 5.12. The Kier molecular flexibility index (Phi) is 4.24.